The van der Waals surface area contributed by atoms with E-state index >= 15 is 0 Å². The van der Waals surface area contributed by atoms with E-state index in [1.54, 1.807) is 6.92 Å². The van der Waals surface area contributed by atoms with Crippen LogP contribution < -0.4 is 0 Å². The van der Waals surface area contributed by atoms with Crippen LogP contribution in [0, 0.1) is 11.3 Å². The van der Waals surface area contributed by atoms with Gasteiger partial charge in [-0.05, 0) is 11.8 Å². The summed E-state index contributed by atoms with van der Waals surface area (Å²) in [7, 11) is 0. The van der Waals surface area contributed by atoms with E-state index in [0.29, 0.717) is 0 Å². The third-order valence-electron chi connectivity index (χ3n) is 2.30. The molecule has 0 N–H and O–H groups in total. The molecule has 1 fully saturated rings. The van der Waals surface area contributed by atoms with Gasteiger partial charge in [-0.25, -0.2) is 0 Å². The van der Waals surface area contributed by atoms with Gasteiger partial charge in [-0.2, -0.15) is 0 Å². The third-order valence-corrected chi connectivity index (χ3v) is 2.30. The van der Waals surface area contributed by atoms with Crippen molar-refractivity contribution in [1.29, 1.82) is 0 Å². The first-order valence-electron chi connectivity index (χ1n) is 4.22. The van der Waals surface area contributed by atoms with Gasteiger partial charge >= 0.3 is 11.9 Å². The lowest BCUT2D eigenvalue weighted by Gasteiger charge is -2.02. The maximum Gasteiger partial charge on any atom is 0.317 e. The normalized spacial score (nSPS) is 24.8. The summed E-state index contributed by atoms with van der Waals surface area (Å²) in [6.45, 7) is 5.67. The SMILES string of the molecule is CCC(=O)OC(=O)C1CC1(C)C. The molecule has 0 radical (unpaired) electrons. The Morgan fingerprint density at radius 3 is 2.33 bits per heavy atom. The number of ether oxygens (including phenoxy) is 1. The summed E-state index contributed by atoms with van der Waals surface area (Å²) in [6, 6.07) is 0. The molecule has 1 atom stereocenters. The van der Waals surface area contributed by atoms with E-state index in [0.717, 1.165) is 6.42 Å². The van der Waals surface area contributed by atoms with Crippen LogP contribution in [0.15, 0.2) is 0 Å². The first kappa shape index (κ1) is 9.23. The first-order chi connectivity index (χ1) is 5.47. The predicted molar refractivity (Wildman–Crippen MR) is 43.3 cm³/mol. The van der Waals surface area contributed by atoms with Gasteiger partial charge in [0.05, 0.1) is 5.92 Å². The van der Waals surface area contributed by atoms with E-state index in [9.17, 15) is 9.59 Å². The molecule has 0 heterocycles. The van der Waals surface area contributed by atoms with Gasteiger partial charge in [0.2, 0.25) is 0 Å². The molecule has 1 unspecified atom stereocenters. The average Bonchev–Trinajstić information content (AvgIpc) is 2.59. The predicted octanol–water partition coefficient (Wildman–Crippen LogP) is 1.51. The highest BCUT2D eigenvalue weighted by atomic mass is 16.6. The molecule has 0 amide bonds. The molecule has 1 aliphatic rings. The minimum absolute atomic E-state index is 0.0467. The second-order valence-corrected chi connectivity index (χ2v) is 3.89. The van der Waals surface area contributed by atoms with E-state index < -0.39 is 5.97 Å². The molecular formula is C9H14O3. The molecule has 0 aliphatic heterocycles. The average molecular weight is 170 g/mol. The zero-order chi connectivity index (χ0) is 9.35. The minimum atomic E-state index is -0.428. The molecule has 0 saturated heterocycles. The minimum Gasteiger partial charge on any atom is -0.393 e. The molecule has 12 heavy (non-hydrogen) atoms. The van der Waals surface area contributed by atoms with Crippen LogP contribution in [0.25, 0.3) is 0 Å². The van der Waals surface area contributed by atoms with Crippen LogP contribution in [0.4, 0.5) is 0 Å². The number of hydrogen-bond donors (Lipinski definition) is 0. The molecular weight excluding hydrogens is 156 g/mol. The van der Waals surface area contributed by atoms with Gasteiger partial charge in [-0.15, -0.1) is 0 Å². The lowest BCUT2D eigenvalue weighted by atomic mass is 10.1. The van der Waals surface area contributed by atoms with Crippen molar-refractivity contribution in [1.82, 2.24) is 0 Å². The first-order valence-corrected chi connectivity index (χ1v) is 4.22. The van der Waals surface area contributed by atoms with Crippen molar-refractivity contribution in [3.05, 3.63) is 0 Å². The second-order valence-electron chi connectivity index (χ2n) is 3.89. The van der Waals surface area contributed by atoms with Crippen molar-refractivity contribution in [2.45, 2.75) is 33.6 Å². The Morgan fingerprint density at radius 2 is 2.00 bits per heavy atom. The van der Waals surface area contributed by atoms with Gasteiger partial charge in [0.1, 0.15) is 0 Å². The number of carbonyl (C=O) groups excluding carboxylic acids is 2. The maximum atomic E-state index is 11.1. The van der Waals surface area contributed by atoms with E-state index in [1.807, 2.05) is 13.8 Å². The van der Waals surface area contributed by atoms with Gasteiger partial charge in [-0.1, -0.05) is 20.8 Å². The van der Waals surface area contributed by atoms with Crippen LogP contribution in [0.1, 0.15) is 33.6 Å². The molecule has 0 aromatic carbocycles. The summed E-state index contributed by atoms with van der Waals surface area (Å²) in [6.07, 6.45) is 1.10. The molecule has 0 spiro atoms. The van der Waals surface area contributed by atoms with E-state index in [4.69, 9.17) is 0 Å². The molecule has 3 heteroatoms. The Morgan fingerprint density at radius 1 is 1.50 bits per heavy atom. The highest BCUT2D eigenvalue weighted by molar-refractivity contribution is 5.88. The molecule has 1 aliphatic carbocycles. The lowest BCUT2D eigenvalue weighted by Crippen LogP contribution is -2.15. The fourth-order valence-electron chi connectivity index (χ4n) is 1.13. The quantitative estimate of drug-likeness (QED) is 0.466. The van der Waals surface area contributed by atoms with Crippen LogP contribution in [-0.4, -0.2) is 11.9 Å². The van der Waals surface area contributed by atoms with Crippen LogP contribution in [0.3, 0.4) is 0 Å². The molecule has 1 saturated carbocycles. The summed E-state index contributed by atoms with van der Waals surface area (Å²) >= 11 is 0. The van der Waals surface area contributed by atoms with Crippen LogP contribution in [0.2, 0.25) is 0 Å². The monoisotopic (exact) mass is 170 g/mol. The van der Waals surface area contributed by atoms with E-state index in [2.05, 4.69) is 4.74 Å². The van der Waals surface area contributed by atoms with Gasteiger partial charge < -0.3 is 4.74 Å². The second kappa shape index (κ2) is 2.88. The number of hydrogen-bond acceptors (Lipinski definition) is 3. The summed E-state index contributed by atoms with van der Waals surface area (Å²) in [5, 5.41) is 0. The van der Waals surface area contributed by atoms with Gasteiger partial charge in [-0.3, -0.25) is 9.59 Å². The summed E-state index contributed by atoms with van der Waals surface area (Å²) in [5.74, 6) is -0.845. The third kappa shape index (κ3) is 1.84. The smallest absolute Gasteiger partial charge is 0.317 e. The summed E-state index contributed by atoms with van der Waals surface area (Å²) in [4.78, 5) is 21.9. The van der Waals surface area contributed by atoms with Crippen molar-refractivity contribution in [2.24, 2.45) is 11.3 Å². The largest absolute Gasteiger partial charge is 0.393 e. The number of carbonyl (C=O) groups is 2. The van der Waals surface area contributed by atoms with Gasteiger partial charge in [0.25, 0.3) is 0 Å². The molecule has 0 aromatic rings. The zero-order valence-corrected chi connectivity index (χ0v) is 7.72. The Labute approximate surface area is 72.1 Å². The van der Waals surface area contributed by atoms with Crippen molar-refractivity contribution < 1.29 is 14.3 Å². The van der Waals surface area contributed by atoms with Crippen molar-refractivity contribution in [2.75, 3.05) is 0 Å². The Kier molecular flexibility index (Phi) is 2.22. The van der Waals surface area contributed by atoms with Crippen molar-refractivity contribution in [3.63, 3.8) is 0 Å². The lowest BCUT2D eigenvalue weighted by molar-refractivity contribution is -0.160. The Bertz CT molecular complexity index is 218. The fourth-order valence-corrected chi connectivity index (χ4v) is 1.13. The maximum absolute atomic E-state index is 11.1. The number of rotatable bonds is 2. The van der Waals surface area contributed by atoms with Crippen LogP contribution >= 0.6 is 0 Å². The van der Waals surface area contributed by atoms with Crippen LogP contribution in [0.5, 0.6) is 0 Å². The van der Waals surface area contributed by atoms with E-state index in [1.165, 1.54) is 0 Å². The molecule has 3 nitrogen and oxygen atoms in total. The van der Waals surface area contributed by atoms with Gasteiger partial charge in [0, 0.05) is 6.42 Å². The van der Waals surface area contributed by atoms with Crippen molar-refractivity contribution >= 4 is 11.9 Å². The molecule has 68 valence electrons. The van der Waals surface area contributed by atoms with Crippen LogP contribution in [-0.2, 0) is 14.3 Å². The molecule has 0 aromatic heterocycles. The molecule has 1 rings (SSSR count). The van der Waals surface area contributed by atoms with E-state index in [-0.39, 0.29) is 23.7 Å². The topological polar surface area (TPSA) is 43.4 Å². The standard InChI is InChI=1S/C9H14O3/c1-4-7(10)12-8(11)6-5-9(6,2)3/h6H,4-5H2,1-3H3. The summed E-state index contributed by atoms with van der Waals surface area (Å²) in [5.41, 5.74) is 0.0467. The van der Waals surface area contributed by atoms with Crippen molar-refractivity contribution in [3.8, 4) is 0 Å². The number of esters is 2. The Hall–Kier alpha value is -0.860. The highest BCUT2D eigenvalue weighted by Crippen LogP contribution is 2.52. The zero-order valence-electron chi connectivity index (χ0n) is 7.72. The summed E-state index contributed by atoms with van der Waals surface area (Å²) < 4.78 is 4.58. The fraction of sp³-hybridized carbons (Fsp3) is 0.778. The molecule has 0 bridgehead atoms. The Balaban J connectivity index is 2.37. The van der Waals surface area contributed by atoms with Gasteiger partial charge in [0.15, 0.2) is 0 Å². The highest BCUT2D eigenvalue weighted by Gasteiger charge is 2.52.